The molecular weight excluding hydrogens is 200 g/mol. The Hall–Kier alpha value is -1.59. The van der Waals surface area contributed by atoms with E-state index in [0.29, 0.717) is 0 Å². The van der Waals surface area contributed by atoms with Crippen molar-refractivity contribution in [3.63, 3.8) is 0 Å². The first kappa shape index (κ1) is 11.5. The molecule has 1 N–H and O–H groups in total. The molecule has 0 saturated carbocycles. The zero-order chi connectivity index (χ0) is 11.7. The number of nitrogens with zero attached hydrogens (tertiary/aromatic N) is 2. The molecule has 1 saturated heterocycles. The molecule has 1 aliphatic rings. The van der Waals surface area contributed by atoms with E-state index >= 15 is 0 Å². The Kier molecular flexibility index (Phi) is 2.97. The maximum atomic E-state index is 11.6. The van der Waals surface area contributed by atoms with Gasteiger partial charge in [-0.3, -0.25) is 14.5 Å². The molecule has 3 amide bonds. The minimum absolute atomic E-state index is 0.224. The molecule has 0 aromatic heterocycles. The topological polar surface area (TPSA) is 77.9 Å². The van der Waals surface area contributed by atoms with E-state index in [1.807, 2.05) is 0 Å². The molecule has 2 unspecified atom stereocenters. The van der Waals surface area contributed by atoms with E-state index in [2.05, 4.69) is 0 Å². The summed E-state index contributed by atoms with van der Waals surface area (Å²) in [6.45, 7) is 3.17. The van der Waals surface area contributed by atoms with Crippen LogP contribution in [0.3, 0.4) is 0 Å². The zero-order valence-corrected chi connectivity index (χ0v) is 8.93. The number of carboxylic acids is 1. The van der Waals surface area contributed by atoms with Crippen LogP contribution in [0.15, 0.2) is 0 Å². The van der Waals surface area contributed by atoms with Gasteiger partial charge in [0, 0.05) is 13.1 Å². The molecule has 0 spiro atoms. The van der Waals surface area contributed by atoms with Gasteiger partial charge in [0.1, 0.15) is 6.04 Å². The predicted octanol–water partition coefficient (Wildman–Crippen LogP) is 0.132. The van der Waals surface area contributed by atoms with Crippen LogP contribution < -0.4 is 0 Å². The Morgan fingerprint density at radius 2 is 2.07 bits per heavy atom. The summed E-state index contributed by atoms with van der Waals surface area (Å²) < 4.78 is 0. The SMILES string of the molecule is CC1C(=O)N(C(C)CC(=O)O)C(=O)N1C. The molecule has 0 aromatic carbocycles. The lowest BCUT2D eigenvalue weighted by Gasteiger charge is -2.20. The van der Waals surface area contributed by atoms with E-state index in [9.17, 15) is 14.4 Å². The van der Waals surface area contributed by atoms with Crippen LogP contribution in [0.1, 0.15) is 20.3 Å². The molecule has 1 aliphatic heterocycles. The van der Waals surface area contributed by atoms with E-state index < -0.39 is 24.1 Å². The number of amides is 3. The molecule has 2 atom stereocenters. The highest BCUT2D eigenvalue weighted by molar-refractivity contribution is 6.04. The number of hydrogen-bond acceptors (Lipinski definition) is 3. The summed E-state index contributed by atoms with van der Waals surface area (Å²) >= 11 is 0. The minimum atomic E-state index is -1.02. The van der Waals surface area contributed by atoms with Crippen LogP contribution in [0.25, 0.3) is 0 Å². The summed E-state index contributed by atoms with van der Waals surface area (Å²) in [5, 5.41) is 8.59. The van der Waals surface area contributed by atoms with Crippen molar-refractivity contribution in [3.8, 4) is 0 Å². The van der Waals surface area contributed by atoms with Crippen LogP contribution in [0.5, 0.6) is 0 Å². The van der Waals surface area contributed by atoms with E-state index in [-0.39, 0.29) is 12.3 Å². The number of rotatable bonds is 3. The molecule has 1 heterocycles. The molecule has 0 radical (unpaired) electrons. The van der Waals surface area contributed by atoms with Gasteiger partial charge in [-0.1, -0.05) is 0 Å². The maximum absolute atomic E-state index is 11.6. The van der Waals surface area contributed by atoms with Crippen LogP contribution in [-0.2, 0) is 9.59 Å². The first-order valence-corrected chi connectivity index (χ1v) is 4.68. The van der Waals surface area contributed by atoms with Crippen LogP contribution >= 0.6 is 0 Å². The van der Waals surface area contributed by atoms with Crippen LogP contribution in [0.4, 0.5) is 4.79 Å². The Morgan fingerprint density at radius 3 is 2.40 bits per heavy atom. The number of likely N-dealkylation sites (N-methyl/N-ethyl adjacent to an activating group) is 1. The Bertz CT molecular complexity index is 295. The quantitative estimate of drug-likeness (QED) is 0.677. The molecule has 1 rings (SSSR count). The lowest BCUT2D eigenvalue weighted by Crippen LogP contribution is -2.40. The standard InChI is InChI=1S/C9H14N2O4/c1-5(4-7(12)13)11-8(14)6(2)10(3)9(11)15/h5-6H,4H2,1-3H3,(H,12,13). The van der Waals surface area contributed by atoms with Crippen molar-refractivity contribution < 1.29 is 19.5 Å². The smallest absolute Gasteiger partial charge is 0.327 e. The molecule has 0 aliphatic carbocycles. The molecule has 15 heavy (non-hydrogen) atoms. The van der Waals surface area contributed by atoms with Gasteiger partial charge in [0.25, 0.3) is 5.91 Å². The lowest BCUT2D eigenvalue weighted by atomic mass is 10.2. The first-order chi connectivity index (χ1) is 6.86. The molecule has 6 heteroatoms. The van der Waals surface area contributed by atoms with Gasteiger partial charge in [0.15, 0.2) is 0 Å². The fourth-order valence-electron chi connectivity index (χ4n) is 1.55. The predicted molar refractivity (Wildman–Crippen MR) is 51.2 cm³/mol. The molecule has 1 fully saturated rings. The average molecular weight is 214 g/mol. The fourth-order valence-corrected chi connectivity index (χ4v) is 1.55. The summed E-state index contributed by atoms with van der Waals surface area (Å²) in [4.78, 5) is 36.0. The third-order valence-corrected chi connectivity index (χ3v) is 2.59. The second kappa shape index (κ2) is 3.88. The van der Waals surface area contributed by atoms with E-state index in [0.717, 1.165) is 4.90 Å². The fraction of sp³-hybridized carbons (Fsp3) is 0.667. The van der Waals surface area contributed by atoms with Crippen LogP contribution in [-0.4, -0.2) is 51.9 Å². The van der Waals surface area contributed by atoms with Gasteiger partial charge in [-0.2, -0.15) is 0 Å². The number of hydrogen-bond donors (Lipinski definition) is 1. The largest absolute Gasteiger partial charge is 0.481 e. The van der Waals surface area contributed by atoms with Crippen LogP contribution in [0, 0.1) is 0 Å². The molecule has 84 valence electrons. The highest BCUT2D eigenvalue weighted by Crippen LogP contribution is 2.19. The average Bonchev–Trinajstić information content (AvgIpc) is 2.30. The maximum Gasteiger partial charge on any atom is 0.327 e. The van der Waals surface area contributed by atoms with Gasteiger partial charge in [-0.25, -0.2) is 4.79 Å². The normalized spacial score (nSPS) is 23.5. The Morgan fingerprint density at radius 1 is 1.53 bits per heavy atom. The number of aliphatic carboxylic acids is 1. The van der Waals surface area contributed by atoms with Crippen molar-refractivity contribution in [3.05, 3.63) is 0 Å². The van der Waals surface area contributed by atoms with Crippen molar-refractivity contribution >= 4 is 17.9 Å². The van der Waals surface area contributed by atoms with Crippen molar-refractivity contribution in [1.29, 1.82) is 0 Å². The second-order valence-electron chi connectivity index (χ2n) is 3.72. The summed E-state index contributed by atoms with van der Waals surface area (Å²) in [6, 6.07) is -1.54. The third kappa shape index (κ3) is 1.93. The molecule has 6 nitrogen and oxygen atoms in total. The van der Waals surface area contributed by atoms with Crippen molar-refractivity contribution in [1.82, 2.24) is 9.80 Å². The summed E-state index contributed by atoms with van der Waals surface area (Å²) in [7, 11) is 1.53. The summed E-state index contributed by atoms with van der Waals surface area (Å²) in [5.41, 5.74) is 0. The van der Waals surface area contributed by atoms with Crippen molar-refractivity contribution in [2.75, 3.05) is 7.05 Å². The second-order valence-corrected chi connectivity index (χ2v) is 3.72. The van der Waals surface area contributed by atoms with Crippen molar-refractivity contribution in [2.24, 2.45) is 0 Å². The van der Waals surface area contributed by atoms with E-state index in [4.69, 9.17) is 5.11 Å². The highest BCUT2D eigenvalue weighted by atomic mass is 16.4. The monoisotopic (exact) mass is 214 g/mol. The third-order valence-electron chi connectivity index (χ3n) is 2.59. The number of carbonyl (C=O) groups is 3. The molecular formula is C9H14N2O4. The van der Waals surface area contributed by atoms with Gasteiger partial charge < -0.3 is 10.0 Å². The van der Waals surface area contributed by atoms with Gasteiger partial charge in [-0.05, 0) is 13.8 Å². The number of carboxylic acid groups (broad SMARTS) is 1. The molecule has 0 aromatic rings. The van der Waals surface area contributed by atoms with Gasteiger partial charge in [0.05, 0.1) is 6.42 Å². The van der Waals surface area contributed by atoms with Gasteiger partial charge in [0.2, 0.25) is 0 Å². The highest BCUT2D eigenvalue weighted by Gasteiger charge is 2.42. The first-order valence-electron chi connectivity index (χ1n) is 4.68. The number of carbonyl (C=O) groups excluding carboxylic acids is 2. The zero-order valence-electron chi connectivity index (χ0n) is 8.93. The van der Waals surface area contributed by atoms with Gasteiger partial charge >= 0.3 is 12.0 Å². The number of urea groups is 1. The molecule has 0 bridgehead atoms. The summed E-state index contributed by atoms with van der Waals surface area (Å²) in [6.07, 6.45) is -0.224. The van der Waals surface area contributed by atoms with E-state index in [1.165, 1.54) is 11.9 Å². The van der Waals surface area contributed by atoms with E-state index in [1.54, 1.807) is 13.8 Å². The summed E-state index contributed by atoms with van der Waals surface area (Å²) in [5.74, 6) is -1.36. The van der Waals surface area contributed by atoms with Crippen molar-refractivity contribution in [2.45, 2.75) is 32.4 Å². The van der Waals surface area contributed by atoms with Gasteiger partial charge in [-0.15, -0.1) is 0 Å². The van der Waals surface area contributed by atoms with Crippen LogP contribution in [0.2, 0.25) is 0 Å². The Balaban J connectivity index is 2.82. The Labute approximate surface area is 87.5 Å². The minimum Gasteiger partial charge on any atom is -0.481 e. The number of imide groups is 1. The lowest BCUT2D eigenvalue weighted by molar-refractivity contribution is -0.138.